The zero-order chi connectivity index (χ0) is 10.3. The molecular weight excluding hydrogens is 186 g/mol. The second-order valence-electron chi connectivity index (χ2n) is 4.44. The highest BCUT2D eigenvalue weighted by Crippen LogP contribution is 2.42. The van der Waals surface area contributed by atoms with E-state index in [0.29, 0.717) is 5.92 Å². The minimum atomic E-state index is 0.152. The minimum absolute atomic E-state index is 0.152. The van der Waals surface area contributed by atoms with Crippen LogP contribution in [-0.2, 0) is 4.74 Å². The maximum atomic E-state index is 8.96. The molecule has 3 unspecified atom stereocenters. The van der Waals surface area contributed by atoms with E-state index in [-0.39, 0.29) is 12.0 Å². The molecule has 2 heteroatoms. The van der Waals surface area contributed by atoms with Gasteiger partial charge in [-0.3, -0.25) is 0 Å². The van der Waals surface area contributed by atoms with Gasteiger partial charge in [-0.1, -0.05) is 29.9 Å². The van der Waals surface area contributed by atoms with E-state index < -0.39 is 0 Å². The van der Waals surface area contributed by atoms with Crippen molar-refractivity contribution in [2.45, 2.75) is 18.9 Å². The monoisotopic (exact) mass is 199 g/mol. The molecule has 76 valence electrons. The Morgan fingerprint density at radius 3 is 3.20 bits per heavy atom. The first-order valence-electron chi connectivity index (χ1n) is 5.47. The smallest absolute Gasteiger partial charge is 0.101 e. The normalized spacial score (nSPS) is 37.4. The van der Waals surface area contributed by atoms with Crippen LogP contribution in [0.5, 0.6) is 0 Å². The van der Waals surface area contributed by atoms with Gasteiger partial charge in [-0.2, -0.15) is 5.26 Å². The molecule has 0 saturated heterocycles. The molecule has 3 atom stereocenters. The standard InChI is InChI=1S/C13H13NO/c14-7-9-5-10-8-15-13-4-2-1-3-11(13)12(10)6-9/h1-4,9-10,13H,5-6,8H2. The van der Waals surface area contributed by atoms with Gasteiger partial charge in [0.2, 0.25) is 0 Å². The fourth-order valence-corrected chi connectivity index (χ4v) is 2.80. The Labute approximate surface area is 89.5 Å². The Bertz CT molecular complexity index is 411. The van der Waals surface area contributed by atoms with E-state index in [4.69, 9.17) is 10.00 Å². The van der Waals surface area contributed by atoms with Gasteiger partial charge in [-0.15, -0.1) is 0 Å². The van der Waals surface area contributed by atoms with Crippen LogP contribution in [-0.4, -0.2) is 12.7 Å². The summed E-state index contributed by atoms with van der Waals surface area (Å²) in [5, 5.41) is 8.96. The predicted octanol–water partition coefficient (Wildman–Crippen LogP) is 2.36. The van der Waals surface area contributed by atoms with Crippen molar-refractivity contribution >= 4 is 0 Å². The molecule has 3 rings (SSSR count). The van der Waals surface area contributed by atoms with Crippen LogP contribution in [0.1, 0.15) is 12.8 Å². The van der Waals surface area contributed by atoms with Gasteiger partial charge in [0.05, 0.1) is 18.6 Å². The second kappa shape index (κ2) is 3.36. The lowest BCUT2D eigenvalue weighted by Crippen LogP contribution is -2.26. The van der Waals surface area contributed by atoms with Crippen LogP contribution >= 0.6 is 0 Å². The third-order valence-electron chi connectivity index (χ3n) is 3.54. The van der Waals surface area contributed by atoms with Crippen molar-refractivity contribution in [1.29, 1.82) is 5.26 Å². The van der Waals surface area contributed by atoms with Crippen molar-refractivity contribution in [3.63, 3.8) is 0 Å². The number of ether oxygens (including phenoxy) is 1. The average Bonchev–Trinajstić information content (AvgIpc) is 2.72. The molecule has 1 heterocycles. The minimum Gasteiger partial charge on any atom is -0.369 e. The Morgan fingerprint density at radius 1 is 1.40 bits per heavy atom. The lowest BCUT2D eigenvalue weighted by molar-refractivity contribution is 0.0730. The Morgan fingerprint density at radius 2 is 2.33 bits per heavy atom. The van der Waals surface area contributed by atoms with Crippen molar-refractivity contribution < 1.29 is 4.74 Å². The summed E-state index contributed by atoms with van der Waals surface area (Å²) in [7, 11) is 0. The summed E-state index contributed by atoms with van der Waals surface area (Å²) in [6, 6.07) is 2.38. The molecule has 1 saturated carbocycles. The summed E-state index contributed by atoms with van der Waals surface area (Å²) in [6.07, 6.45) is 10.4. The second-order valence-corrected chi connectivity index (χ2v) is 4.44. The molecule has 1 fully saturated rings. The van der Waals surface area contributed by atoms with Crippen molar-refractivity contribution in [3.05, 3.63) is 35.5 Å². The number of nitriles is 1. The van der Waals surface area contributed by atoms with E-state index >= 15 is 0 Å². The Balaban J connectivity index is 1.99. The summed E-state index contributed by atoms with van der Waals surface area (Å²) < 4.78 is 5.78. The molecule has 0 N–H and O–H groups in total. The molecular formula is C13H13NO. The van der Waals surface area contributed by atoms with Crippen LogP contribution < -0.4 is 0 Å². The lowest BCUT2D eigenvalue weighted by Gasteiger charge is -2.29. The lowest BCUT2D eigenvalue weighted by atomic mass is 9.90. The maximum Gasteiger partial charge on any atom is 0.101 e. The predicted molar refractivity (Wildman–Crippen MR) is 56.9 cm³/mol. The molecule has 0 aromatic carbocycles. The summed E-state index contributed by atoms with van der Waals surface area (Å²) in [5.41, 5.74) is 2.78. The third-order valence-corrected chi connectivity index (χ3v) is 3.54. The number of hydrogen-bond acceptors (Lipinski definition) is 2. The van der Waals surface area contributed by atoms with Gasteiger partial charge in [-0.25, -0.2) is 0 Å². The fraction of sp³-hybridized carbons (Fsp3) is 0.462. The fourth-order valence-electron chi connectivity index (χ4n) is 2.80. The van der Waals surface area contributed by atoms with Crippen LogP contribution in [0.4, 0.5) is 0 Å². The van der Waals surface area contributed by atoms with Crippen molar-refractivity contribution in [2.24, 2.45) is 11.8 Å². The molecule has 0 radical (unpaired) electrons. The van der Waals surface area contributed by atoms with E-state index in [1.807, 2.05) is 6.08 Å². The Hall–Kier alpha value is -1.33. The number of rotatable bonds is 0. The summed E-state index contributed by atoms with van der Waals surface area (Å²) >= 11 is 0. The Kier molecular flexibility index (Phi) is 2.00. The first-order chi connectivity index (χ1) is 7.38. The molecule has 15 heavy (non-hydrogen) atoms. The first-order valence-corrected chi connectivity index (χ1v) is 5.47. The molecule has 1 aliphatic heterocycles. The van der Waals surface area contributed by atoms with Crippen molar-refractivity contribution in [2.75, 3.05) is 6.61 Å². The summed E-state index contributed by atoms with van der Waals surface area (Å²) in [5.74, 6) is 0.705. The third kappa shape index (κ3) is 1.35. The maximum absolute atomic E-state index is 8.96. The number of fused-ring (bicyclic) bond motifs is 2. The quantitative estimate of drug-likeness (QED) is 0.600. The van der Waals surface area contributed by atoms with Gasteiger partial charge in [0, 0.05) is 5.92 Å². The van der Waals surface area contributed by atoms with Gasteiger partial charge >= 0.3 is 0 Å². The van der Waals surface area contributed by atoms with Crippen LogP contribution in [0, 0.1) is 23.2 Å². The van der Waals surface area contributed by atoms with Crippen LogP contribution in [0.15, 0.2) is 35.5 Å². The van der Waals surface area contributed by atoms with Crippen molar-refractivity contribution in [1.82, 2.24) is 0 Å². The van der Waals surface area contributed by atoms with Gasteiger partial charge in [-0.05, 0) is 18.4 Å². The molecule has 0 amide bonds. The first kappa shape index (κ1) is 8.94. The molecule has 0 aromatic heterocycles. The molecule has 0 bridgehead atoms. The van der Waals surface area contributed by atoms with Crippen LogP contribution in [0.2, 0.25) is 0 Å². The largest absolute Gasteiger partial charge is 0.369 e. The zero-order valence-corrected chi connectivity index (χ0v) is 8.52. The van der Waals surface area contributed by atoms with Gasteiger partial charge in [0.1, 0.15) is 6.10 Å². The van der Waals surface area contributed by atoms with Gasteiger partial charge in [0.25, 0.3) is 0 Å². The van der Waals surface area contributed by atoms with E-state index in [2.05, 4.69) is 24.3 Å². The number of hydrogen-bond donors (Lipinski definition) is 0. The number of allylic oxidation sites excluding steroid dienone is 2. The van der Waals surface area contributed by atoms with Crippen LogP contribution in [0.3, 0.4) is 0 Å². The molecule has 2 aliphatic carbocycles. The summed E-state index contributed by atoms with van der Waals surface area (Å²) in [4.78, 5) is 0. The highest BCUT2D eigenvalue weighted by atomic mass is 16.5. The average molecular weight is 199 g/mol. The van der Waals surface area contributed by atoms with E-state index in [9.17, 15) is 0 Å². The van der Waals surface area contributed by atoms with E-state index in [1.165, 1.54) is 11.1 Å². The topological polar surface area (TPSA) is 33.0 Å². The molecule has 2 nitrogen and oxygen atoms in total. The summed E-state index contributed by atoms with van der Waals surface area (Å²) in [6.45, 7) is 0.792. The number of nitrogens with zero attached hydrogens (tertiary/aromatic N) is 1. The zero-order valence-electron chi connectivity index (χ0n) is 8.52. The molecule has 3 aliphatic rings. The molecule has 0 spiro atoms. The van der Waals surface area contributed by atoms with Gasteiger partial charge < -0.3 is 4.74 Å². The molecule has 0 aromatic rings. The van der Waals surface area contributed by atoms with E-state index in [1.54, 1.807) is 0 Å². The highest BCUT2D eigenvalue weighted by molar-refractivity contribution is 5.42. The van der Waals surface area contributed by atoms with Crippen LogP contribution in [0.25, 0.3) is 0 Å². The van der Waals surface area contributed by atoms with E-state index in [0.717, 1.165) is 19.4 Å². The SMILES string of the molecule is N#CC1CC2=C3C=CC=CC3OCC2C1. The highest BCUT2D eigenvalue weighted by Gasteiger charge is 2.36. The van der Waals surface area contributed by atoms with Gasteiger partial charge in [0.15, 0.2) is 0 Å². The van der Waals surface area contributed by atoms with Crippen molar-refractivity contribution in [3.8, 4) is 6.07 Å².